The van der Waals surface area contributed by atoms with Crippen LogP contribution in [0.15, 0.2) is 78.2 Å². The summed E-state index contributed by atoms with van der Waals surface area (Å²) in [6.07, 6.45) is 2.25. The number of benzene rings is 3. The predicted molar refractivity (Wildman–Crippen MR) is 100 cm³/mol. The van der Waals surface area contributed by atoms with Crippen LogP contribution < -0.4 is 4.72 Å². The molecule has 0 aliphatic carbocycles. The summed E-state index contributed by atoms with van der Waals surface area (Å²) in [5.41, 5.74) is 2.00. The molecule has 1 N–H and O–H groups in total. The van der Waals surface area contributed by atoms with Gasteiger partial charge in [-0.2, -0.15) is 0 Å². The van der Waals surface area contributed by atoms with Crippen molar-refractivity contribution in [1.29, 1.82) is 0 Å². The lowest BCUT2D eigenvalue weighted by atomic mass is 10.0. The molecule has 0 saturated carbocycles. The molecule has 0 aliphatic rings. The largest absolute Gasteiger partial charge is 0.233 e. The molecular formula is C20H19NO2S. The van der Waals surface area contributed by atoms with Crippen molar-refractivity contribution in [2.45, 2.75) is 6.42 Å². The van der Waals surface area contributed by atoms with Gasteiger partial charge in [0.15, 0.2) is 0 Å². The van der Waals surface area contributed by atoms with Gasteiger partial charge in [0.25, 0.3) is 0 Å². The number of rotatable bonds is 6. The molecule has 122 valence electrons. The maximum Gasteiger partial charge on any atom is 0.233 e. The van der Waals surface area contributed by atoms with Crippen molar-refractivity contribution < 1.29 is 8.42 Å². The maximum absolute atomic E-state index is 12.1. The highest BCUT2D eigenvalue weighted by atomic mass is 32.2. The average molecular weight is 337 g/mol. The molecule has 0 unspecified atom stereocenters. The summed E-state index contributed by atoms with van der Waals surface area (Å²) in [6.45, 7) is 0.371. The van der Waals surface area contributed by atoms with Gasteiger partial charge in [-0.15, -0.1) is 0 Å². The Hall–Kier alpha value is -2.43. The second-order valence-corrected chi connectivity index (χ2v) is 7.19. The van der Waals surface area contributed by atoms with E-state index >= 15 is 0 Å². The number of hydrogen-bond donors (Lipinski definition) is 1. The van der Waals surface area contributed by atoms with Crippen LogP contribution in [0.2, 0.25) is 0 Å². The Balaban J connectivity index is 1.64. The molecule has 3 aromatic rings. The number of hydrogen-bond acceptors (Lipinski definition) is 2. The van der Waals surface area contributed by atoms with E-state index in [1.165, 1.54) is 16.2 Å². The molecule has 3 nitrogen and oxygen atoms in total. The van der Waals surface area contributed by atoms with E-state index in [0.717, 1.165) is 11.1 Å². The van der Waals surface area contributed by atoms with Crippen molar-refractivity contribution >= 4 is 26.9 Å². The van der Waals surface area contributed by atoms with Crippen molar-refractivity contribution in [2.24, 2.45) is 0 Å². The molecule has 0 amide bonds. The van der Waals surface area contributed by atoms with Gasteiger partial charge in [-0.3, -0.25) is 0 Å². The molecule has 0 aliphatic heterocycles. The minimum atomic E-state index is -3.43. The zero-order valence-electron chi connectivity index (χ0n) is 13.2. The first kappa shape index (κ1) is 16.4. The van der Waals surface area contributed by atoms with Crippen molar-refractivity contribution in [3.05, 3.63) is 89.3 Å². The van der Waals surface area contributed by atoms with Crippen LogP contribution in [0, 0.1) is 0 Å². The number of nitrogens with one attached hydrogen (secondary N) is 1. The third-order valence-corrected chi connectivity index (χ3v) is 4.92. The van der Waals surface area contributed by atoms with Crippen molar-refractivity contribution in [1.82, 2.24) is 4.72 Å². The van der Waals surface area contributed by atoms with Gasteiger partial charge in [0.05, 0.1) is 0 Å². The summed E-state index contributed by atoms with van der Waals surface area (Å²) in [5, 5.41) is 3.55. The fourth-order valence-corrected chi connectivity index (χ4v) is 3.44. The molecule has 0 heterocycles. The van der Waals surface area contributed by atoms with Crippen LogP contribution in [0.1, 0.15) is 11.1 Å². The van der Waals surface area contributed by atoms with Crippen molar-refractivity contribution in [2.75, 3.05) is 6.54 Å². The highest BCUT2D eigenvalue weighted by molar-refractivity contribution is 7.92. The molecule has 0 bridgehead atoms. The van der Waals surface area contributed by atoms with E-state index in [2.05, 4.69) is 22.9 Å². The molecule has 0 aromatic heterocycles. The standard InChI is InChI=1S/C20H19NO2S/c22-24(23,16-14-17-7-2-1-3-8-17)21-15-13-19-11-6-10-18-9-4-5-12-20(18)19/h1-12,14,16,21H,13,15H2/b16-14+. The Kier molecular flexibility index (Phi) is 5.08. The molecule has 3 rings (SSSR count). The minimum absolute atomic E-state index is 0.371. The smallest absolute Gasteiger partial charge is 0.211 e. The van der Waals surface area contributed by atoms with Crippen LogP contribution in [0.25, 0.3) is 16.8 Å². The SMILES string of the molecule is O=S(=O)(/C=C/c1ccccc1)NCCc1cccc2ccccc12. The lowest BCUT2D eigenvalue weighted by Crippen LogP contribution is -2.23. The number of fused-ring (bicyclic) bond motifs is 1. The van der Waals surface area contributed by atoms with Crippen LogP contribution in [0.4, 0.5) is 0 Å². The van der Waals surface area contributed by atoms with Gasteiger partial charge in [0, 0.05) is 12.0 Å². The first-order chi connectivity index (χ1) is 11.6. The highest BCUT2D eigenvalue weighted by Gasteiger charge is 2.06. The van der Waals surface area contributed by atoms with E-state index in [-0.39, 0.29) is 0 Å². The van der Waals surface area contributed by atoms with E-state index in [9.17, 15) is 8.42 Å². The fourth-order valence-electron chi connectivity index (χ4n) is 2.62. The highest BCUT2D eigenvalue weighted by Crippen LogP contribution is 2.18. The molecule has 0 spiro atoms. The second kappa shape index (κ2) is 7.43. The maximum atomic E-state index is 12.1. The van der Waals surface area contributed by atoms with Crippen LogP contribution >= 0.6 is 0 Å². The van der Waals surface area contributed by atoms with E-state index in [1.807, 2.05) is 54.6 Å². The van der Waals surface area contributed by atoms with Gasteiger partial charge in [-0.05, 0) is 34.4 Å². The third kappa shape index (κ3) is 4.31. The Morgan fingerprint density at radius 2 is 1.54 bits per heavy atom. The van der Waals surface area contributed by atoms with E-state index < -0.39 is 10.0 Å². The van der Waals surface area contributed by atoms with Gasteiger partial charge in [0.1, 0.15) is 0 Å². The zero-order valence-corrected chi connectivity index (χ0v) is 14.0. The second-order valence-electron chi connectivity index (χ2n) is 5.54. The minimum Gasteiger partial charge on any atom is -0.211 e. The van der Waals surface area contributed by atoms with E-state index in [1.54, 1.807) is 6.08 Å². The summed E-state index contributed by atoms with van der Waals surface area (Å²) < 4.78 is 26.7. The summed E-state index contributed by atoms with van der Waals surface area (Å²) in [6, 6.07) is 23.6. The van der Waals surface area contributed by atoms with Crippen LogP contribution in [0.5, 0.6) is 0 Å². The Morgan fingerprint density at radius 1 is 0.833 bits per heavy atom. The summed E-state index contributed by atoms with van der Waals surface area (Å²) >= 11 is 0. The average Bonchev–Trinajstić information content (AvgIpc) is 2.61. The summed E-state index contributed by atoms with van der Waals surface area (Å²) in [7, 11) is -3.43. The summed E-state index contributed by atoms with van der Waals surface area (Å²) in [5.74, 6) is 0. The Morgan fingerprint density at radius 3 is 2.38 bits per heavy atom. The third-order valence-electron chi connectivity index (χ3n) is 3.82. The van der Waals surface area contributed by atoms with E-state index in [0.29, 0.717) is 13.0 Å². The monoisotopic (exact) mass is 337 g/mol. The molecule has 0 saturated heterocycles. The lowest BCUT2D eigenvalue weighted by molar-refractivity contribution is 0.591. The first-order valence-electron chi connectivity index (χ1n) is 7.83. The molecule has 0 atom stereocenters. The Labute approximate surface area is 142 Å². The van der Waals surface area contributed by atoms with Gasteiger partial charge in [-0.1, -0.05) is 72.8 Å². The topological polar surface area (TPSA) is 46.2 Å². The van der Waals surface area contributed by atoms with Gasteiger partial charge in [0.2, 0.25) is 10.0 Å². The van der Waals surface area contributed by atoms with Gasteiger partial charge in [-0.25, -0.2) is 13.1 Å². The molecule has 24 heavy (non-hydrogen) atoms. The van der Waals surface area contributed by atoms with E-state index in [4.69, 9.17) is 0 Å². The number of sulfonamides is 1. The quantitative estimate of drug-likeness (QED) is 0.740. The molecule has 0 fully saturated rings. The molecule has 4 heteroatoms. The predicted octanol–water partition coefficient (Wildman–Crippen LogP) is 3.97. The van der Waals surface area contributed by atoms with Crippen LogP contribution in [-0.2, 0) is 16.4 Å². The van der Waals surface area contributed by atoms with Crippen LogP contribution in [-0.4, -0.2) is 15.0 Å². The zero-order chi connectivity index (χ0) is 16.8. The van der Waals surface area contributed by atoms with Crippen molar-refractivity contribution in [3.63, 3.8) is 0 Å². The van der Waals surface area contributed by atoms with Crippen LogP contribution in [0.3, 0.4) is 0 Å². The van der Waals surface area contributed by atoms with Gasteiger partial charge >= 0.3 is 0 Å². The summed E-state index contributed by atoms with van der Waals surface area (Å²) in [4.78, 5) is 0. The van der Waals surface area contributed by atoms with Gasteiger partial charge < -0.3 is 0 Å². The molecule has 3 aromatic carbocycles. The Bertz CT molecular complexity index is 942. The lowest BCUT2D eigenvalue weighted by Gasteiger charge is -2.07. The van der Waals surface area contributed by atoms with Crippen molar-refractivity contribution in [3.8, 4) is 0 Å². The molecule has 0 radical (unpaired) electrons. The first-order valence-corrected chi connectivity index (χ1v) is 9.38. The normalized spacial score (nSPS) is 12.0. The molecular weight excluding hydrogens is 318 g/mol. The fraction of sp³-hybridized carbons (Fsp3) is 0.100.